The number of anilines is 1. The van der Waals surface area contributed by atoms with Crippen LogP contribution >= 0.6 is 0 Å². The average Bonchev–Trinajstić information content (AvgIpc) is 2.75. The fraction of sp³-hybridized carbons (Fsp3) is 0.143. The minimum absolute atomic E-state index is 0.0353. The van der Waals surface area contributed by atoms with E-state index in [1.807, 2.05) is 42.5 Å². The van der Waals surface area contributed by atoms with Crippen molar-refractivity contribution in [1.82, 2.24) is 5.43 Å². The molecule has 0 saturated heterocycles. The molecule has 2 N–H and O–H groups in total. The van der Waals surface area contributed by atoms with E-state index in [-0.39, 0.29) is 23.9 Å². The van der Waals surface area contributed by atoms with Crippen molar-refractivity contribution in [2.24, 2.45) is 5.10 Å². The van der Waals surface area contributed by atoms with E-state index < -0.39 is 4.92 Å². The molecular formula is C21H20N4O4. The van der Waals surface area contributed by atoms with Gasteiger partial charge >= 0.3 is 5.69 Å². The summed E-state index contributed by atoms with van der Waals surface area (Å²) in [5.74, 6) is -0.171. The van der Waals surface area contributed by atoms with Gasteiger partial charge in [-0.1, -0.05) is 36.4 Å². The molecule has 29 heavy (non-hydrogen) atoms. The molecule has 0 radical (unpaired) electrons. The van der Waals surface area contributed by atoms with Crippen LogP contribution in [-0.2, 0) is 4.79 Å². The van der Waals surface area contributed by atoms with Crippen LogP contribution in [0.1, 0.15) is 12.5 Å². The third kappa shape index (κ3) is 4.67. The Hall–Kier alpha value is -3.94. The zero-order valence-corrected chi connectivity index (χ0v) is 16.0. The van der Waals surface area contributed by atoms with Gasteiger partial charge in [-0.3, -0.25) is 14.9 Å². The van der Waals surface area contributed by atoms with Crippen molar-refractivity contribution in [2.45, 2.75) is 6.92 Å². The first kappa shape index (κ1) is 19.8. The van der Waals surface area contributed by atoms with Gasteiger partial charge in [-0.15, -0.1) is 0 Å². The fourth-order valence-electron chi connectivity index (χ4n) is 2.86. The lowest BCUT2D eigenvalue weighted by atomic mass is 10.1. The van der Waals surface area contributed by atoms with Crippen molar-refractivity contribution >= 4 is 33.8 Å². The van der Waals surface area contributed by atoms with Gasteiger partial charge in [-0.05, 0) is 30.5 Å². The summed E-state index contributed by atoms with van der Waals surface area (Å²) in [6, 6.07) is 18.2. The number of hydrogen-bond acceptors (Lipinski definition) is 6. The predicted octanol–water partition coefficient (Wildman–Crippen LogP) is 3.71. The Labute approximate surface area is 167 Å². The Morgan fingerprint density at radius 3 is 2.66 bits per heavy atom. The molecule has 1 amide bonds. The highest BCUT2D eigenvalue weighted by Gasteiger charge is 2.16. The summed E-state index contributed by atoms with van der Waals surface area (Å²) >= 11 is 0. The number of hydrazone groups is 1. The molecule has 0 heterocycles. The van der Waals surface area contributed by atoms with Crippen LogP contribution in [0, 0.1) is 10.1 Å². The number of ether oxygens (including phenoxy) is 1. The second-order valence-electron chi connectivity index (χ2n) is 6.26. The number of carbonyl (C=O) groups is 1. The lowest BCUT2D eigenvalue weighted by molar-refractivity contribution is -0.385. The minimum atomic E-state index is -0.526. The summed E-state index contributed by atoms with van der Waals surface area (Å²) < 4.78 is 4.98. The van der Waals surface area contributed by atoms with Gasteiger partial charge in [0.05, 0.1) is 24.3 Å². The second-order valence-corrected chi connectivity index (χ2v) is 6.26. The number of carbonyl (C=O) groups excluding carboxylic acids is 1. The van der Waals surface area contributed by atoms with Crippen LogP contribution in [-0.4, -0.2) is 30.2 Å². The number of benzene rings is 3. The van der Waals surface area contributed by atoms with E-state index in [2.05, 4.69) is 15.8 Å². The van der Waals surface area contributed by atoms with Crippen LogP contribution in [0.4, 0.5) is 11.4 Å². The van der Waals surface area contributed by atoms with Crippen molar-refractivity contribution in [3.63, 3.8) is 0 Å². The Morgan fingerprint density at radius 2 is 1.90 bits per heavy atom. The Balaban J connectivity index is 1.66. The van der Waals surface area contributed by atoms with Crippen molar-refractivity contribution in [1.29, 1.82) is 0 Å². The van der Waals surface area contributed by atoms with Crippen LogP contribution in [0.15, 0.2) is 65.8 Å². The maximum absolute atomic E-state index is 12.2. The molecule has 8 nitrogen and oxygen atoms in total. The smallest absolute Gasteiger partial charge is 0.311 e. The number of hydrogen-bond donors (Lipinski definition) is 2. The summed E-state index contributed by atoms with van der Waals surface area (Å²) in [6.07, 6.45) is 0. The van der Waals surface area contributed by atoms with E-state index in [4.69, 9.17) is 4.74 Å². The molecule has 0 unspecified atom stereocenters. The second kappa shape index (κ2) is 8.83. The molecule has 0 aliphatic heterocycles. The van der Waals surface area contributed by atoms with Gasteiger partial charge in [0, 0.05) is 22.7 Å². The summed E-state index contributed by atoms with van der Waals surface area (Å²) in [4.78, 5) is 22.8. The number of nitrogens with zero attached hydrogens (tertiary/aromatic N) is 2. The highest BCUT2D eigenvalue weighted by molar-refractivity contribution is 6.00. The SMILES string of the molecule is COc1ccc(/C(C)=N/NC(=O)CNc2cccc3ccccc23)cc1[N+](=O)[O-]. The molecule has 0 aliphatic carbocycles. The first-order valence-corrected chi connectivity index (χ1v) is 8.87. The van der Waals surface area contributed by atoms with Gasteiger partial charge in [-0.25, -0.2) is 5.43 Å². The van der Waals surface area contributed by atoms with E-state index in [1.165, 1.54) is 19.2 Å². The summed E-state index contributed by atoms with van der Waals surface area (Å²) in [6.45, 7) is 1.69. The summed E-state index contributed by atoms with van der Waals surface area (Å²) in [5.41, 5.74) is 4.10. The van der Waals surface area contributed by atoms with E-state index >= 15 is 0 Å². The maximum Gasteiger partial charge on any atom is 0.311 e. The molecule has 0 fully saturated rings. The van der Waals surface area contributed by atoms with Gasteiger partial charge in [0.25, 0.3) is 5.91 Å². The fourth-order valence-corrected chi connectivity index (χ4v) is 2.86. The van der Waals surface area contributed by atoms with Gasteiger partial charge < -0.3 is 10.1 Å². The zero-order valence-electron chi connectivity index (χ0n) is 16.0. The Kier molecular flexibility index (Phi) is 6.03. The molecule has 0 spiro atoms. The largest absolute Gasteiger partial charge is 0.490 e. The van der Waals surface area contributed by atoms with Gasteiger partial charge in [-0.2, -0.15) is 5.10 Å². The molecular weight excluding hydrogens is 372 g/mol. The first-order valence-electron chi connectivity index (χ1n) is 8.87. The topological polar surface area (TPSA) is 106 Å². The van der Waals surface area contributed by atoms with Crippen LogP contribution in [0.3, 0.4) is 0 Å². The number of methoxy groups -OCH3 is 1. The lowest BCUT2D eigenvalue weighted by Gasteiger charge is -2.09. The third-order valence-electron chi connectivity index (χ3n) is 4.37. The lowest BCUT2D eigenvalue weighted by Crippen LogP contribution is -2.26. The van der Waals surface area contributed by atoms with E-state index in [0.29, 0.717) is 11.3 Å². The first-order chi connectivity index (χ1) is 14.0. The highest BCUT2D eigenvalue weighted by Crippen LogP contribution is 2.27. The van der Waals surface area contributed by atoms with Crippen LogP contribution in [0.25, 0.3) is 10.8 Å². The van der Waals surface area contributed by atoms with E-state index in [1.54, 1.807) is 13.0 Å². The molecule has 3 rings (SSSR count). The monoisotopic (exact) mass is 392 g/mol. The van der Waals surface area contributed by atoms with E-state index in [9.17, 15) is 14.9 Å². The number of nitrogens with one attached hydrogen (secondary N) is 2. The normalized spacial score (nSPS) is 11.2. The zero-order chi connectivity index (χ0) is 20.8. The number of fused-ring (bicyclic) bond motifs is 1. The van der Waals surface area contributed by atoms with Crippen molar-refractivity contribution in [3.8, 4) is 5.75 Å². The molecule has 0 aliphatic rings. The number of nitro benzene ring substituents is 1. The molecule has 148 valence electrons. The quantitative estimate of drug-likeness (QED) is 0.362. The molecule has 0 atom stereocenters. The average molecular weight is 392 g/mol. The minimum Gasteiger partial charge on any atom is -0.490 e. The Morgan fingerprint density at radius 1 is 1.14 bits per heavy atom. The summed E-state index contributed by atoms with van der Waals surface area (Å²) in [7, 11) is 1.37. The molecule has 3 aromatic rings. The molecule has 0 bridgehead atoms. The van der Waals surface area contributed by atoms with Gasteiger partial charge in [0.15, 0.2) is 5.75 Å². The van der Waals surface area contributed by atoms with Gasteiger partial charge in [0.1, 0.15) is 0 Å². The standard InChI is InChI=1S/C21H20N4O4/c1-14(16-10-11-20(29-2)19(12-16)25(27)28)23-24-21(26)13-22-18-9-5-7-15-6-3-4-8-17(15)18/h3-12,22H,13H2,1-2H3,(H,24,26)/b23-14+. The van der Waals surface area contributed by atoms with Gasteiger partial charge in [0.2, 0.25) is 0 Å². The number of rotatable bonds is 7. The molecule has 0 aromatic heterocycles. The van der Waals surface area contributed by atoms with Crippen molar-refractivity contribution < 1.29 is 14.5 Å². The van der Waals surface area contributed by atoms with E-state index in [0.717, 1.165) is 16.5 Å². The van der Waals surface area contributed by atoms with Crippen LogP contribution in [0.2, 0.25) is 0 Å². The van der Waals surface area contributed by atoms with Crippen molar-refractivity contribution in [2.75, 3.05) is 19.0 Å². The molecule has 3 aromatic carbocycles. The van der Waals surface area contributed by atoms with Crippen LogP contribution < -0.4 is 15.5 Å². The maximum atomic E-state index is 12.2. The van der Waals surface area contributed by atoms with Crippen LogP contribution in [0.5, 0.6) is 5.75 Å². The third-order valence-corrected chi connectivity index (χ3v) is 4.37. The van der Waals surface area contributed by atoms with Crippen molar-refractivity contribution in [3.05, 3.63) is 76.3 Å². The Bertz CT molecular complexity index is 1090. The summed E-state index contributed by atoms with van der Waals surface area (Å²) in [5, 5.41) is 20.4. The number of amides is 1. The molecule has 8 heteroatoms. The predicted molar refractivity (Wildman–Crippen MR) is 112 cm³/mol. The number of nitro groups is 1. The molecule has 0 saturated carbocycles. The highest BCUT2D eigenvalue weighted by atomic mass is 16.6.